The minimum atomic E-state index is -0.445. The molecular formula is C22H27N3O4S. The fourth-order valence-electron chi connectivity index (χ4n) is 2.53. The van der Waals surface area contributed by atoms with Crippen LogP contribution in [0.1, 0.15) is 36.5 Å². The van der Waals surface area contributed by atoms with Crippen molar-refractivity contribution in [2.24, 2.45) is 0 Å². The molecule has 2 amide bonds. The number of nitrogens with one attached hydrogen (secondary N) is 3. The number of carbonyl (C=O) groups excluding carboxylic acids is 2. The molecule has 2 rings (SSSR count). The molecule has 8 heteroatoms. The Morgan fingerprint density at radius 1 is 0.900 bits per heavy atom. The van der Waals surface area contributed by atoms with Crippen molar-refractivity contribution in [3.05, 3.63) is 59.2 Å². The highest BCUT2D eigenvalue weighted by molar-refractivity contribution is 7.80. The molecule has 0 bridgehead atoms. The van der Waals surface area contributed by atoms with E-state index in [2.05, 4.69) is 30.0 Å². The van der Waals surface area contributed by atoms with Crippen molar-refractivity contribution in [3.63, 3.8) is 0 Å². The number of hydrogen-bond acceptors (Lipinski definition) is 5. The lowest BCUT2D eigenvalue weighted by molar-refractivity contribution is -0.124. The second kappa shape index (κ2) is 11.2. The van der Waals surface area contributed by atoms with Gasteiger partial charge in [0.2, 0.25) is 0 Å². The molecule has 0 aliphatic rings. The largest absolute Gasteiger partial charge is 0.484 e. The average molecular weight is 430 g/mol. The van der Waals surface area contributed by atoms with Crippen LogP contribution >= 0.6 is 12.2 Å². The number of aryl methyl sites for hydroxylation is 2. The van der Waals surface area contributed by atoms with Crippen molar-refractivity contribution in [1.29, 1.82) is 0 Å². The molecule has 0 atom stereocenters. The van der Waals surface area contributed by atoms with E-state index in [1.165, 1.54) is 0 Å². The van der Waals surface area contributed by atoms with E-state index in [0.717, 1.165) is 16.7 Å². The number of hydrogen-bond donors (Lipinski definition) is 3. The van der Waals surface area contributed by atoms with Gasteiger partial charge < -0.3 is 9.47 Å². The number of ether oxygens (including phenoxy) is 2. The van der Waals surface area contributed by atoms with E-state index in [1.807, 2.05) is 44.2 Å². The smallest absolute Gasteiger partial charge is 0.276 e. The summed E-state index contributed by atoms with van der Waals surface area (Å²) in [5.41, 5.74) is 8.03. The summed E-state index contributed by atoms with van der Waals surface area (Å²) >= 11 is 4.99. The van der Waals surface area contributed by atoms with Crippen LogP contribution in [0.5, 0.6) is 11.5 Å². The lowest BCUT2D eigenvalue weighted by atomic mass is 10.0. The standard InChI is InChI=1S/C22H27N3O4S/c1-14(2)18-10-7-16(4)11-19(18)29-13-21(27)24-25-22(30)23-20(26)12-28-17-8-5-15(3)6-9-17/h5-11,14H,12-13H2,1-4H3,(H,24,27)(H2,23,25,26,30). The van der Waals surface area contributed by atoms with Crippen molar-refractivity contribution in [2.45, 2.75) is 33.6 Å². The first-order valence-electron chi connectivity index (χ1n) is 9.56. The third-order valence-corrected chi connectivity index (χ3v) is 4.31. The summed E-state index contributed by atoms with van der Waals surface area (Å²) in [6.45, 7) is 7.65. The Hall–Kier alpha value is -3.13. The van der Waals surface area contributed by atoms with Crippen LogP contribution < -0.4 is 25.6 Å². The van der Waals surface area contributed by atoms with Crippen LogP contribution in [0.15, 0.2) is 42.5 Å². The topological polar surface area (TPSA) is 88.7 Å². The Morgan fingerprint density at radius 2 is 1.53 bits per heavy atom. The Bertz CT molecular complexity index is 898. The molecule has 0 aromatic heterocycles. The SMILES string of the molecule is Cc1ccc(OCC(=O)NC(=S)NNC(=O)COc2cc(C)ccc2C(C)C)cc1. The summed E-state index contributed by atoms with van der Waals surface area (Å²) in [4.78, 5) is 23.9. The van der Waals surface area contributed by atoms with Crippen LogP contribution in [0.25, 0.3) is 0 Å². The summed E-state index contributed by atoms with van der Waals surface area (Å²) in [6.07, 6.45) is 0. The summed E-state index contributed by atoms with van der Waals surface area (Å²) in [6, 6.07) is 13.2. The fraction of sp³-hybridized carbons (Fsp3) is 0.318. The molecule has 0 aliphatic heterocycles. The zero-order valence-corrected chi connectivity index (χ0v) is 18.4. The molecular weight excluding hydrogens is 402 g/mol. The number of rotatable bonds is 7. The van der Waals surface area contributed by atoms with Gasteiger partial charge in [0.1, 0.15) is 11.5 Å². The lowest BCUT2D eigenvalue weighted by Crippen LogP contribution is -2.50. The van der Waals surface area contributed by atoms with Crippen LogP contribution in [0.3, 0.4) is 0 Å². The maximum absolute atomic E-state index is 12.0. The van der Waals surface area contributed by atoms with Crippen LogP contribution in [-0.4, -0.2) is 30.1 Å². The highest BCUT2D eigenvalue weighted by atomic mass is 32.1. The number of hydrazine groups is 1. The molecule has 3 N–H and O–H groups in total. The van der Waals surface area contributed by atoms with E-state index in [9.17, 15) is 9.59 Å². The molecule has 2 aromatic carbocycles. The molecule has 0 heterocycles. The fourth-order valence-corrected chi connectivity index (χ4v) is 2.69. The molecule has 0 saturated carbocycles. The zero-order chi connectivity index (χ0) is 22.1. The third-order valence-electron chi connectivity index (χ3n) is 4.11. The number of benzene rings is 2. The zero-order valence-electron chi connectivity index (χ0n) is 17.6. The highest BCUT2D eigenvalue weighted by Gasteiger charge is 2.11. The van der Waals surface area contributed by atoms with E-state index in [0.29, 0.717) is 11.5 Å². The first kappa shape index (κ1) is 23.2. The van der Waals surface area contributed by atoms with E-state index in [4.69, 9.17) is 21.7 Å². The Morgan fingerprint density at radius 3 is 2.20 bits per heavy atom. The first-order chi connectivity index (χ1) is 14.2. The van der Waals surface area contributed by atoms with Crippen molar-refractivity contribution in [3.8, 4) is 11.5 Å². The highest BCUT2D eigenvalue weighted by Crippen LogP contribution is 2.27. The monoisotopic (exact) mass is 429 g/mol. The van der Waals surface area contributed by atoms with Gasteiger partial charge in [-0.25, -0.2) is 0 Å². The number of thiocarbonyl (C=S) groups is 1. The van der Waals surface area contributed by atoms with Crippen molar-refractivity contribution < 1.29 is 19.1 Å². The van der Waals surface area contributed by atoms with Crippen LogP contribution in [-0.2, 0) is 9.59 Å². The van der Waals surface area contributed by atoms with Gasteiger partial charge in [-0.15, -0.1) is 0 Å². The molecule has 7 nitrogen and oxygen atoms in total. The van der Waals surface area contributed by atoms with Gasteiger partial charge >= 0.3 is 0 Å². The summed E-state index contributed by atoms with van der Waals surface area (Å²) < 4.78 is 11.0. The van der Waals surface area contributed by atoms with Crippen LogP contribution in [0, 0.1) is 13.8 Å². The van der Waals surface area contributed by atoms with E-state index in [-0.39, 0.29) is 24.2 Å². The maximum Gasteiger partial charge on any atom is 0.276 e. The Kier molecular flexibility index (Phi) is 8.61. The Labute approximate surface area is 182 Å². The molecule has 0 radical (unpaired) electrons. The molecule has 0 saturated heterocycles. The van der Waals surface area contributed by atoms with Crippen LogP contribution in [0.4, 0.5) is 0 Å². The average Bonchev–Trinajstić information content (AvgIpc) is 2.70. The predicted molar refractivity (Wildman–Crippen MR) is 119 cm³/mol. The van der Waals surface area contributed by atoms with Crippen molar-refractivity contribution in [2.75, 3.05) is 13.2 Å². The number of carbonyl (C=O) groups is 2. The summed E-state index contributed by atoms with van der Waals surface area (Å²) in [5, 5.41) is 2.38. The van der Waals surface area contributed by atoms with Gasteiger partial charge in [0.15, 0.2) is 18.3 Å². The minimum Gasteiger partial charge on any atom is -0.484 e. The molecule has 30 heavy (non-hydrogen) atoms. The first-order valence-corrected chi connectivity index (χ1v) is 9.97. The molecule has 0 unspecified atom stereocenters. The minimum absolute atomic E-state index is 0.0423. The summed E-state index contributed by atoms with van der Waals surface area (Å²) in [5.74, 6) is 0.645. The van der Waals surface area contributed by atoms with Gasteiger partial charge in [0.05, 0.1) is 0 Å². The molecule has 0 fully saturated rings. The van der Waals surface area contributed by atoms with Crippen molar-refractivity contribution in [1.82, 2.24) is 16.2 Å². The molecule has 160 valence electrons. The molecule has 0 spiro atoms. The molecule has 0 aliphatic carbocycles. The lowest BCUT2D eigenvalue weighted by Gasteiger charge is -2.15. The molecule has 2 aromatic rings. The van der Waals surface area contributed by atoms with Gasteiger partial charge in [-0.2, -0.15) is 0 Å². The van der Waals surface area contributed by atoms with Gasteiger partial charge in [-0.05, 0) is 61.3 Å². The van der Waals surface area contributed by atoms with Crippen LogP contribution in [0.2, 0.25) is 0 Å². The second-order valence-corrected chi connectivity index (χ2v) is 7.55. The maximum atomic E-state index is 12.0. The van der Waals surface area contributed by atoms with Gasteiger partial charge in [-0.1, -0.05) is 43.7 Å². The number of amides is 2. The van der Waals surface area contributed by atoms with Crippen molar-refractivity contribution >= 4 is 29.1 Å². The van der Waals surface area contributed by atoms with E-state index < -0.39 is 11.8 Å². The van der Waals surface area contributed by atoms with Gasteiger partial charge in [-0.3, -0.25) is 25.8 Å². The quantitative estimate of drug-likeness (QED) is 0.463. The third kappa shape index (κ3) is 7.71. The summed E-state index contributed by atoms with van der Waals surface area (Å²) in [7, 11) is 0. The Balaban J connectivity index is 1.71. The normalized spacial score (nSPS) is 10.3. The van der Waals surface area contributed by atoms with E-state index in [1.54, 1.807) is 12.1 Å². The predicted octanol–water partition coefficient (Wildman–Crippen LogP) is 2.91. The van der Waals surface area contributed by atoms with Gasteiger partial charge in [0, 0.05) is 0 Å². The van der Waals surface area contributed by atoms with Gasteiger partial charge in [0.25, 0.3) is 11.8 Å². The second-order valence-electron chi connectivity index (χ2n) is 7.14. The van der Waals surface area contributed by atoms with E-state index >= 15 is 0 Å².